The predicted octanol–water partition coefficient (Wildman–Crippen LogP) is 0.399. The summed E-state index contributed by atoms with van der Waals surface area (Å²) < 4.78 is 4.88. The number of carbonyl (C=O) groups is 1. The Hall–Kier alpha value is -2.26. The Morgan fingerprint density at radius 3 is 2.71 bits per heavy atom. The summed E-state index contributed by atoms with van der Waals surface area (Å²) in [5, 5.41) is 27.5. The summed E-state index contributed by atoms with van der Waals surface area (Å²) in [6, 6.07) is 4.35. The third kappa shape index (κ3) is 2.46. The molecule has 0 heterocycles. The second-order valence-electron chi connectivity index (χ2n) is 3.35. The maximum absolute atomic E-state index is 10.9. The number of ether oxygens (including phenoxy) is 1. The molecule has 1 unspecified atom stereocenters. The summed E-state index contributed by atoms with van der Waals surface area (Å²) in [6.45, 7) is -0.167. The van der Waals surface area contributed by atoms with E-state index in [4.69, 9.17) is 20.8 Å². The molecule has 0 amide bonds. The van der Waals surface area contributed by atoms with Crippen molar-refractivity contribution in [2.45, 2.75) is 5.92 Å². The van der Waals surface area contributed by atoms with Crippen LogP contribution in [0.2, 0.25) is 0 Å². The van der Waals surface area contributed by atoms with E-state index in [2.05, 4.69) is 0 Å². The van der Waals surface area contributed by atoms with E-state index in [1.165, 1.54) is 19.2 Å². The molecule has 1 rings (SSSR count). The summed E-state index contributed by atoms with van der Waals surface area (Å²) in [7, 11) is 1.35. The van der Waals surface area contributed by atoms with E-state index in [-0.39, 0.29) is 29.2 Å². The zero-order valence-corrected chi connectivity index (χ0v) is 9.17. The maximum atomic E-state index is 10.9. The molecule has 0 fully saturated rings. The van der Waals surface area contributed by atoms with Crippen LogP contribution in [0.25, 0.3) is 0 Å². The van der Waals surface area contributed by atoms with E-state index < -0.39 is 11.9 Å². The number of carboxylic acids is 1. The number of nitrogens with zero attached hydrogens (tertiary/aromatic N) is 1. The number of aromatic hydroxyl groups is 1. The van der Waals surface area contributed by atoms with Gasteiger partial charge < -0.3 is 20.7 Å². The Balaban J connectivity index is 3.35. The summed E-state index contributed by atoms with van der Waals surface area (Å²) in [5.41, 5.74) is 5.59. The van der Waals surface area contributed by atoms with Crippen LogP contribution in [0.5, 0.6) is 11.5 Å². The van der Waals surface area contributed by atoms with Gasteiger partial charge >= 0.3 is 5.97 Å². The minimum atomic E-state index is -1.16. The number of phenols is 1. The number of rotatable bonds is 4. The van der Waals surface area contributed by atoms with E-state index in [1.807, 2.05) is 6.07 Å². The van der Waals surface area contributed by atoms with Crippen molar-refractivity contribution < 1.29 is 19.7 Å². The SMILES string of the molecule is COc1cc(O)c(C(CN)C(=O)O)cc1C#N. The Morgan fingerprint density at radius 1 is 1.65 bits per heavy atom. The van der Waals surface area contributed by atoms with Crippen LogP contribution in [0.3, 0.4) is 0 Å². The number of phenolic OH excluding ortho intramolecular Hbond substituents is 1. The van der Waals surface area contributed by atoms with Crippen LogP contribution in [-0.4, -0.2) is 29.8 Å². The number of benzene rings is 1. The lowest BCUT2D eigenvalue weighted by atomic mass is 9.96. The summed E-state index contributed by atoms with van der Waals surface area (Å²) >= 11 is 0. The second kappa shape index (κ2) is 5.18. The lowest BCUT2D eigenvalue weighted by molar-refractivity contribution is -0.138. The number of methoxy groups -OCH3 is 1. The fourth-order valence-electron chi connectivity index (χ4n) is 1.48. The van der Waals surface area contributed by atoms with E-state index in [1.54, 1.807) is 0 Å². The van der Waals surface area contributed by atoms with Crippen molar-refractivity contribution in [3.8, 4) is 17.6 Å². The van der Waals surface area contributed by atoms with Crippen LogP contribution in [0.1, 0.15) is 17.0 Å². The van der Waals surface area contributed by atoms with Crippen molar-refractivity contribution >= 4 is 5.97 Å². The summed E-state index contributed by atoms with van der Waals surface area (Å²) in [4.78, 5) is 10.9. The Kier molecular flexibility index (Phi) is 3.91. The molecule has 6 heteroatoms. The summed E-state index contributed by atoms with van der Waals surface area (Å²) in [6.07, 6.45) is 0. The Labute approximate surface area is 97.9 Å². The molecule has 1 aromatic carbocycles. The Bertz CT molecular complexity index is 479. The van der Waals surface area contributed by atoms with Crippen LogP contribution < -0.4 is 10.5 Å². The minimum absolute atomic E-state index is 0.109. The van der Waals surface area contributed by atoms with Crippen LogP contribution in [0, 0.1) is 11.3 Å². The van der Waals surface area contributed by atoms with Gasteiger partial charge in [-0.15, -0.1) is 0 Å². The van der Waals surface area contributed by atoms with Crippen LogP contribution >= 0.6 is 0 Å². The van der Waals surface area contributed by atoms with Gasteiger partial charge in [-0.2, -0.15) is 5.26 Å². The van der Waals surface area contributed by atoms with Gasteiger partial charge in [0.15, 0.2) is 0 Å². The third-order valence-electron chi connectivity index (χ3n) is 2.38. The molecule has 0 bridgehead atoms. The molecule has 90 valence electrons. The predicted molar refractivity (Wildman–Crippen MR) is 58.8 cm³/mol. The highest BCUT2D eigenvalue weighted by Crippen LogP contribution is 2.32. The van der Waals surface area contributed by atoms with Gasteiger partial charge in [-0.1, -0.05) is 0 Å². The molecule has 1 aromatic rings. The van der Waals surface area contributed by atoms with Crippen molar-refractivity contribution in [2.24, 2.45) is 5.73 Å². The van der Waals surface area contributed by atoms with E-state index in [0.717, 1.165) is 0 Å². The second-order valence-corrected chi connectivity index (χ2v) is 3.35. The lowest BCUT2D eigenvalue weighted by Gasteiger charge is -2.13. The van der Waals surface area contributed by atoms with Crippen molar-refractivity contribution in [3.63, 3.8) is 0 Å². The molecule has 0 aromatic heterocycles. The van der Waals surface area contributed by atoms with Crippen molar-refractivity contribution in [3.05, 3.63) is 23.3 Å². The highest BCUT2D eigenvalue weighted by atomic mass is 16.5. The molecule has 0 aliphatic carbocycles. The zero-order chi connectivity index (χ0) is 13.0. The molecule has 1 atom stereocenters. The van der Waals surface area contributed by atoms with Crippen molar-refractivity contribution in [2.75, 3.05) is 13.7 Å². The van der Waals surface area contributed by atoms with E-state index >= 15 is 0 Å². The number of nitrogens with two attached hydrogens (primary N) is 1. The first-order valence-electron chi connectivity index (χ1n) is 4.79. The Morgan fingerprint density at radius 2 is 2.29 bits per heavy atom. The smallest absolute Gasteiger partial charge is 0.312 e. The molecule has 0 aliphatic rings. The molecule has 0 saturated carbocycles. The number of carboxylic acid groups (broad SMARTS) is 1. The molecule has 4 N–H and O–H groups in total. The number of hydrogen-bond donors (Lipinski definition) is 3. The first-order chi connectivity index (χ1) is 8.04. The number of nitriles is 1. The molecule has 0 aliphatic heterocycles. The standard InChI is InChI=1S/C11H12N2O4/c1-17-10-3-9(14)7(2-6(10)4-12)8(5-13)11(15)16/h2-3,8,14H,5,13H2,1H3,(H,15,16). The highest BCUT2D eigenvalue weighted by Gasteiger charge is 2.23. The van der Waals surface area contributed by atoms with Gasteiger partial charge in [0, 0.05) is 18.2 Å². The molecule has 17 heavy (non-hydrogen) atoms. The minimum Gasteiger partial charge on any atom is -0.508 e. The zero-order valence-electron chi connectivity index (χ0n) is 9.17. The van der Waals surface area contributed by atoms with Gasteiger partial charge in [-0.3, -0.25) is 4.79 Å². The summed E-state index contributed by atoms with van der Waals surface area (Å²) in [5.74, 6) is -2.27. The molecule has 0 saturated heterocycles. The van der Waals surface area contributed by atoms with Gasteiger partial charge in [0.25, 0.3) is 0 Å². The van der Waals surface area contributed by atoms with Crippen molar-refractivity contribution in [1.29, 1.82) is 5.26 Å². The third-order valence-corrected chi connectivity index (χ3v) is 2.38. The normalized spacial score (nSPS) is 11.6. The van der Waals surface area contributed by atoms with Gasteiger partial charge in [0.05, 0.1) is 18.6 Å². The molecule has 0 radical (unpaired) electrons. The number of aliphatic carboxylic acids is 1. The van der Waals surface area contributed by atoms with Crippen LogP contribution in [-0.2, 0) is 4.79 Å². The molecule has 0 spiro atoms. The number of hydrogen-bond acceptors (Lipinski definition) is 5. The largest absolute Gasteiger partial charge is 0.508 e. The van der Waals surface area contributed by atoms with Gasteiger partial charge in [0.2, 0.25) is 0 Å². The van der Waals surface area contributed by atoms with Gasteiger partial charge in [0.1, 0.15) is 17.6 Å². The first kappa shape index (κ1) is 12.8. The monoisotopic (exact) mass is 236 g/mol. The maximum Gasteiger partial charge on any atom is 0.312 e. The van der Waals surface area contributed by atoms with Crippen molar-refractivity contribution in [1.82, 2.24) is 0 Å². The molecular formula is C11H12N2O4. The average Bonchev–Trinajstić information content (AvgIpc) is 2.31. The van der Waals surface area contributed by atoms with Gasteiger partial charge in [-0.25, -0.2) is 0 Å². The first-order valence-corrected chi connectivity index (χ1v) is 4.79. The quantitative estimate of drug-likeness (QED) is 0.696. The van der Waals surface area contributed by atoms with Crippen LogP contribution in [0.15, 0.2) is 12.1 Å². The lowest BCUT2D eigenvalue weighted by Crippen LogP contribution is -2.21. The fourth-order valence-corrected chi connectivity index (χ4v) is 1.48. The highest BCUT2D eigenvalue weighted by molar-refractivity contribution is 5.78. The average molecular weight is 236 g/mol. The molecular weight excluding hydrogens is 224 g/mol. The topological polar surface area (TPSA) is 117 Å². The fraction of sp³-hybridized carbons (Fsp3) is 0.273. The van der Waals surface area contributed by atoms with Gasteiger partial charge in [-0.05, 0) is 6.07 Å². The van der Waals surface area contributed by atoms with E-state index in [0.29, 0.717) is 0 Å². The molecule has 6 nitrogen and oxygen atoms in total. The van der Waals surface area contributed by atoms with Crippen LogP contribution in [0.4, 0.5) is 0 Å². The van der Waals surface area contributed by atoms with E-state index in [9.17, 15) is 9.90 Å².